The molecule has 0 heterocycles. The third-order valence-electron chi connectivity index (χ3n) is 2.22. The van der Waals surface area contributed by atoms with Gasteiger partial charge in [-0.15, -0.1) is 0 Å². The average molecular weight is 307 g/mol. The second kappa shape index (κ2) is 7.28. The van der Waals surface area contributed by atoms with Crippen LogP contribution in [0.25, 0.3) is 0 Å². The number of ether oxygens (including phenoxy) is 1. The summed E-state index contributed by atoms with van der Waals surface area (Å²) in [4.78, 5) is 2.62. The predicted molar refractivity (Wildman–Crippen MR) is 72.4 cm³/mol. The first kappa shape index (κ1) is 14.0. The number of hydrogen-bond acceptors (Lipinski definition) is 2. The van der Waals surface area contributed by atoms with Crippen LogP contribution in [-0.2, 0) is 11.3 Å². The Morgan fingerprint density at radius 3 is 2.56 bits per heavy atom. The first-order valence-electron chi connectivity index (χ1n) is 5.18. The second-order valence-corrected chi connectivity index (χ2v) is 5.61. The molecule has 1 unspecified atom stereocenters. The molecule has 0 fully saturated rings. The molecule has 0 N–H and O–H groups in total. The minimum atomic E-state index is 0.370. The van der Waals surface area contributed by atoms with Crippen molar-refractivity contribution in [2.75, 3.05) is 27.3 Å². The fraction of sp³-hybridized carbons (Fsp3) is 0.500. The summed E-state index contributed by atoms with van der Waals surface area (Å²) in [6.45, 7) is 2.60. The van der Waals surface area contributed by atoms with E-state index in [4.69, 9.17) is 16.3 Å². The lowest BCUT2D eigenvalue weighted by Crippen LogP contribution is -2.27. The Bertz CT molecular complexity index is 304. The molecule has 0 saturated heterocycles. The van der Waals surface area contributed by atoms with Crippen molar-refractivity contribution in [1.82, 2.24) is 4.90 Å². The third-order valence-corrected chi connectivity index (χ3v) is 3.03. The zero-order valence-electron chi connectivity index (χ0n) is 9.62. The summed E-state index contributed by atoms with van der Waals surface area (Å²) in [6.07, 6.45) is 0. The highest BCUT2D eigenvalue weighted by Crippen LogP contribution is 2.12. The van der Waals surface area contributed by atoms with Gasteiger partial charge in [0.25, 0.3) is 0 Å². The van der Waals surface area contributed by atoms with Crippen molar-refractivity contribution in [3.8, 4) is 0 Å². The van der Waals surface area contributed by atoms with Gasteiger partial charge in [0, 0.05) is 25.2 Å². The first-order chi connectivity index (χ1) is 7.61. The van der Waals surface area contributed by atoms with Crippen molar-refractivity contribution in [1.29, 1.82) is 0 Å². The molecule has 0 aliphatic carbocycles. The summed E-state index contributed by atoms with van der Waals surface area (Å²) >= 11 is 9.41. The van der Waals surface area contributed by atoms with Crippen LogP contribution in [0, 0.1) is 0 Å². The lowest BCUT2D eigenvalue weighted by atomic mass is 10.2. The Morgan fingerprint density at radius 2 is 2.00 bits per heavy atom. The largest absolute Gasteiger partial charge is 0.383 e. The SMILES string of the molecule is COCC(Br)CN(C)Cc1ccc(Cl)cc1. The van der Waals surface area contributed by atoms with E-state index in [0.29, 0.717) is 4.83 Å². The molecule has 0 radical (unpaired) electrons. The van der Waals surface area contributed by atoms with Crippen LogP contribution in [0.2, 0.25) is 5.02 Å². The van der Waals surface area contributed by atoms with E-state index < -0.39 is 0 Å². The topological polar surface area (TPSA) is 12.5 Å². The summed E-state index contributed by atoms with van der Waals surface area (Å²) < 4.78 is 5.08. The van der Waals surface area contributed by atoms with Gasteiger partial charge < -0.3 is 9.64 Å². The normalized spacial score (nSPS) is 13.1. The molecule has 0 aliphatic rings. The van der Waals surface area contributed by atoms with E-state index in [-0.39, 0.29) is 0 Å². The number of rotatable bonds is 6. The highest BCUT2D eigenvalue weighted by atomic mass is 79.9. The average Bonchev–Trinajstić information content (AvgIpc) is 2.21. The molecule has 1 rings (SSSR count). The highest BCUT2D eigenvalue weighted by Gasteiger charge is 2.07. The smallest absolute Gasteiger partial charge is 0.0600 e. The molecule has 0 amide bonds. The lowest BCUT2D eigenvalue weighted by Gasteiger charge is -2.19. The zero-order chi connectivity index (χ0) is 12.0. The van der Waals surface area contributed by atoms with E-state index in [1.165, 1.54) is 5.56 Å². The van der Waals surface area contributed by atoms with Crippen LogP contribution in [0.1, 0.15) is 5.56 Å². The zero-order valence-corrected chi connectivity index (χ0v) is 12.0. The van der Waals surface area contributed by atoms with Crippen molar-refractivity contribution in [3.05, 3.63) is 34.9 Å². The molecule has 1 aromatic rings. The minimum Gasteiger partial charge on any atom is -0.383 e. The van der Waals surface area contributed by atoms with Crippen LogP contribution < -0.4 is 0 Å². The summed E-state index contributed by atoms with van der Waals surface area (Å²) in [6, 6.07) is 7.95. The van der Waals surface area contributed by atoms with Gasteiger partial charge in [0.15, 0.2) is 0 Å². The van der Waals surface area contributed by atoms with Crippen molar-refractivity contribution in [2.45, 2.75) is 11.4 Å². The van der Waals surface area contributed by atoms with Crippen molar-refractivity contribution in [2.24, 2.45) is 0 Å². The van der Waals surface area contributed by atoms with Gasteiger partial charge in [-0.3, -0.25) is 0 Å². The number of methoxy groups -OCH3 is 1. The van der Waals surface area contributed by atoms with Crippen LogP contribution in [0.5, 0.6) is 0 Å². The van der Waals surface area contributed by atoms with Gasteiger partial charge in [-0.25, -0.2) is 0 Å². The van der Waals surface area contributed by atoms with Crippen molar-refractivity contribution < 1.29 is 4.74 Å². The van der Waals surface area contributed by atoms with Crippen molar-refractivity contribution in [3.63, 3.8) is 0 Å². The van der Waals surface area contributed by atoms with Gasteiger partial charge in [-0.1, -0.05) is 39.7 Å². The first-order valence-corrected chi connectivity index (χ1v) is 6.47. The molecule has 0 spiro atoms. The van der Waals surface area contributed by atoms with Crippen LogP contribution >= 0.6 is 27.5 Å². The van der Waals surface area contributed by atoms with Gasteiger partial charge in [-0.05, 0) is 24.7 Å². The number of nitrogens with zero attached hydrogens (tertiary/aromatic N) is 1. The van der Waals surface area contributed by atoms with Gasteiger partial charge >= 0.3 is 0 Å². The molecule has 0 saturated carbocycles. The molecule has 90 valence electrons. The maximum absolute atomic E-state index is 5.84. The van der Waals surface area contributed by atoms with Crippen LogP contribution in [0.15, 0.2) is 24.3 Å². The summed E-state index contributed by atoms with van der Waals surface area (Å²) in [5.74, 6) is 0. The van der Waals surface area contributed by atoms with E-state index >= 15 is 0 Å². The van der Waals surface area contributed by atoms with Crippen LogP contribution in [0.4, 0.5) is 0 Å². The molecule has 1 atom stereocenters. The van der Waals surface area contributed by atoms with Gasteiger partial charge in [0.2, 0.25) is 0 Å². The van der Waals surface area contributed by atoms with Gasteiger partial charge in [0.1, 0.15) is 0 Å². The van der Waals surface area contributed by atoms with E-state index in [9.17, 15) is 0 Å². The number of halogens is 2. The van der Waals surface area contributed by atoms with Crippen molar-refractivity contribution >= 4 is 27.5 Å². The number of benzene rings is 1. The molecule has 4 heteroatoms. The fourth-order valence-corrected chi connectivity index (χ4v) is 2.42. The molecule has 1 aromatic carbocycles. The van der Waals surface area contributed by atoms with Gasteiger partial charge in [-0.2, -0.15) is 0 Å². The highest BCUT2D eigenvalue weighted by molar-refractivity contribution is 9.09. The summed E-state index contributed by atoms with van der Waals surface area (Å²) in [5.41, 5.74) is 1.27. The number of alkyl halides is 1. The Morgan fingerprint density at radius 1 is 1.38 bits per heavy atom. The van der Waals surface area contributed by atoms with Gasteiger partial charge in [0.05, 0.1) is 11.4 Å². The molecule has 16 heavy (non-hydrogen) atoms. The minimum absolute atomic E-state index is 0.370. The summed E-state index contributed by atoms with van der Waals surface area (Å²) in [7, 11) is 3.81. The van der Waals surface area contributed by atoms with E-state index in [0.717, 1.165) is 24.7 Å². The van der Waals surface area contributed by atoms with Crippen LogP contribution in [-0.4, -0.2) is 37.0 Å². The predicted octanol–water partition coefficient (Wildman–Crippen LogP) is 3.18. The summed E-state index contributed by atoms with van der Waals surface area (Å²) in [5, 5.41) is 0.782. The molecular weight excluding hydrogens is 289 g/mol. The number of hydrogen-bond donors (Lipinski definition) is 0. The Kier molecular flexibility index (Phi) is 6.36. The quantitative estimate of drug-likeness (QED) is 0.749. The van der Waals surface area contributed by atoms with E-state index in [1.807, 2.05) is 12.1 Å². The maximum atomic E-state index is 5.84. The Hall–Kier alpha value is -0.0900. The van der Waals surface area contributed by atoms with E-state index in [2.05, 4.69) is 40.0 Å². The monoisotopic (exact) mass is 305 g/mol. The maximum Gasteiger partial charge on any atom is 0.0600 e. The molecule has 0 aliphatic heterocycles. The fourth-order valence-electron chi connectivity index (χ4n) is 1.54. The molecule has 0 aromatic heterocycles. The molecular formula is C12H17BrClNO. The Balaban J connectivity index is 2.39. The molecule has 2 nitrogen and oxygen atoms in total. The van der Waals surface area contributed by atoms with E-state index in [1.54, 1.807) is 7.11 Å². The standard InChI is InChI=1S/C12H17BrClNO/c1-15(8-11(13)9-16-2)7-10-3-5-12(14)6-4-10/h3-6,11H,7-9H2,1-2H3. The lowest BCUT2D eigenvalue weighted by molar-refractivity contribution is 0.185. The third kappa shape index (κ3) is 5.30. The second-order valence-electron chi connectivity index (χ2n) is 3.88. The van der Waals surface area contributed by atoms with Crippen LogP contribution in [0.3, 0.4) is 0 Å². The Labute approximate surface area is 111 Å². The molecule has 0 bridgehead atoms.